The molecule has 1 N–H and O–H groups in total. The second-order valence-corrected chi connectivity index (χ2v) is 5.80. The third-order valence-electron chi connectivity index (χ3n) is 2.07. The molecule has 5 heteroatoms. The van der Waals surface area contributed by atoms with Crippen LogP contribution in [0.2, 0.25) is 0 Å². The van der Waals surface area contributed by atoms with Crippen molar-refractivity contribution >= 4 is 21.6 Å². The van der Waals surface area contributed by atoms with Gasteiger partial charge in [-0.2, -0.15) is 0 Å². The molecule has 0 aliphatic heterocycles. The van der Waals surface area contributed by atoms with Gasteiger partial charge in [0, 0.05) is 0 Å². The maximum absolute atomic E-state index is 11.4. The van der Waals surface area contributed by atoms with E-state index in [1.807, 2.05) is 6.92 Å². The molecule has 0 radical (unpaired) electrons. The monoisotopic (exact) mass is 222 g/mol. The summed E-state index contributed by atoms with van der Waals surface area (Å²) in [5.74, 6) is 2.59. The van der Waals surface area contributed by atoms with Crippen LogP contribution in [-0.4, -0.2) is 33.0 Å². The summed E-state index contributed by atoms with van der Waals surface area (Å²) in [5, 5.41) is 0. The van der Waals surface area contributed by atoms with Gasteiger partial charge in [0.2, 0.25) is 0 Å². The van der Waals surface area contributed by atoms with E-state index >= 15 is 0 Å². The Morgan fingerprint density at radius 1 is 1.57 bits per heavy atom. The minimum Gasteiger partial charge on any atom is -0.464 e. The van der Waals surface area contributed by atoms with Crippen LogP contribution in [-0.2, 0) is 19.3 Å². The quantitative estimate of drug-likeness (QED) is 0.560. The first-order chi connectivity index (χ1) is 6.19. The number of carbonyl (C=O) groups is 1. The summed E-state index contributed by atoms with van der Waals surface area (Å²) in [6, 6.07) is 0. The highest BCUT2D eigenvalue weighted by molar-refractivity contribution is 7.95. The van der Waals surface area contributed by atoms with E-state index in [-0.39, 0.29) is 18.3 Å². The molecule has 0 spiro atoms. The SMILES string of the molecule is C=S(=O)(O)CCOC(=O)C(C)(C)CC. The molecule has 0 fully saturated rings. The zero-order chi connectivity index (χ0) is 11.4. The van der Waals surface area contributed by atoms with Gasteiger partial charge in [-0.3, -0.25) is 4.79 Å². The van der Waals surface area contributed by atoms with Crippen LogP contribution in [0.3, 0.4) is 0 Å². The molecular weight excluding hydrogens is 204 g/mol. The average molecular weight is 222 g/mol. The van der Waals surface area contributed by atoms with Crippen molar-refractivity contribution in [2.45, 2.75) is 27.2 Å². The number of ether oxygens (including phenoxy) is 1. The molecule has 1 unspecified atom stereocenters. The minimum atomic E-state index is -3.05. The molecule has 0 saturated heterocycles. The van der Waals surface area contributed by atoms with Crippen molar-refractivity contribution < 1.29 is 18.3 Å². The van der Waals surface area contributed by atoms with Crippen LogP contribution in [0.5, 0.6) is 0 Å². The predicted molar refractivity (Wildman–Crippen MR) is 57.8 cm³/mol. The lowest BCUT2D eigenvalue weighted by molar-refractivity contribution is -0.153. The maximum atomic E-state index is 11.4. The van der Waals surface area contributed by atoms with E-state index in [2.05, 4.69) is 5.87 Å². The van der Waals surface area contributed by atoms with Crippen LogP contribution in [0.1, 0.15) is 27.2 Å². The van der Waals surface area contributed by atoms with Gasteiger partial charge in [-0.25, -0.2) is 4.21 Å². The molecule has 0 heterocycles. The number of rotatable bonds is 5. The molecule has 84 valence electrons. The first kappa shape index (κ1) is 13.4. The lowest BCUT2D eigenvalue weighted by Gasteiger charge is -2.20. The highest BCUT2D eigenvalue weighted by Crippen LogP contribution is 2.21. The van der Waals surface area contributed by atoms with Gasteiger partial charge in [0.05, 0.1) is 21.0 Å². The average Bonchev–Trinajstić information content (AvgIpc) is 2.02. The van der Waals surface area contributed by atoms with E-state index in [4.69, 9.17) is 9.29 Å². The number of carbonyl (C=O) groups excluding carboxylic acids is 1. The van der Waals surface area contributed by atoms with Crippen LogP contribution in [0.15, 0.2) is 0 Å². The van der Waals surface area contributed by atoms with Crippen molar-refractivity contribution in [3.63, 3.8) is 0 Å². The van der Waals surface area contributed by atoms with E-state index in [0.717, 1.165) is 0 Å². The molecule has 0 aromatic heterocycles. The van der Waals surface area contributed by atoms with Crippen LogP contribution in [0.25, 0.3) is 0 Å². The Kier molecular flexibility index (Phi) is 4.61. The molecule has 0 bridgehead atoms. The lowest BCUT2D eigenvalue weighted by atomic mass is 9.91. The van der Waals surface area contributed by atoms with E-state index in [0.29, 0.717) is 6.42 Å². The van der Waals surface area contributed by atoms with Gasteiger partial charge >= 0.3 is 5.97 Å². The van der Waals surface area contributed by atoms with E-state index in [9.17, 15) is 9.00 Å². The maximum Gasteiger partial charge on any atom is 0.311 e. The topological polar surface area (TPSA) is 63.6 Å². The predicted octanol–water partition coefficient (Wildman–Crippen LogP) is 1.16. The fourth-order valence-corrected chi connectivity index (χ4v) is 0.948. The van der Waals surface area contributed by atoms with Crippen LogP contribution >= 0.6 is 0 Å². The third-order valence-corrected chi connectivity index (χ3v) is 2.88. The molecule has 0 aromatic carbocycles. The smallest absolute Gasteiger partial charge is 0.311 e. The molecular formula is C9H18O4S. The Morgan fingerprint density at radius 2 is 2.07 bits per heavy atom. The normalized spacial score (nSPS) is 16.0. The summed E-state index contributed by atoms with van der Waals surface area (Å²) in [5.41, 5.74) is -0.530. The van der Waals surface area contributed by atoms with Gasteiger partial charge in [0.1, 0.15) is 6.61 Å². The summed E-state index contributed by atoms with van der Waals surface area (Å²) in [4.78, 5) is 11.4. The molecule has 0 rings (SSSR count). The van der Waals surface area contributed by atoms with Gasteiger partial charge in [-0.1, -0.05) is 6.92 Å². The van der Waals surface area contributed by atoms with E-state index in [1.54, 1.807) is 13.8 Å². The molecule has 0 aliphatic carbocycles. The zero-order valence-corrected chi connectivity index (χ0v) is 9.73. The van der Waals surface area contributed by atoms with Crippen molar-refractivity contribution in [1.29, 1.82) is 0 Å². The van der Waals surface area contributed by atoms with Gasteiger partial charge in [-0.05, 0) is 26.1 Å². The molecule has 0 saturated carbocycles. The highest BCUT2D eigenvalue weighted by atomic mass is 32.2. The van der Waals surface area contributed by atoms with Gasteiger partial charge in [0.25, 0.3) is 0 Å². The number of hydrogen-bond donors (Lipinski definition) is 1. The number of hydrogen-bond acceptors (Lipinski definition) is 3. The van der Waals surface area contributed by atoms with Gasteiger partial charge < -0.3 is 9.29 Å². The van der Waals surface area contributed by atoms with Crippen LogP contribution in [0.4, 0.5) is 0 Å². The fraction of sp³-hybridized carbons (Fsp3) is 0.778. The van der Waals surface area contributed by atoms with Gasteiger partial charge in [-0.15, -0.1) is 0 Å². The molecule has 1 atom stereocenters. The molecule has 0 amide bonds. The summed E-state index contributed by atoms with van der Waals surface area (Å²) >= 11 is 0. The van der Waals surface area contributed by atoms with Crippen LogP contribution in [0, 0.1) is 5.41 Å². The Bertz CT molecular complexity index is 290. The Morgan fingerprint density at radius 3 is 2.43 bits per heavy atom. The van der Waals surface area contributed by atoms with Crippen molar-refractivity contribution in [3.8, 4) is 0 Å². The molecule has 0 aromatic rings. The zero-order valence-electron chi connectivity index (χ0n) is 8.91. The lowest BCUT2D eigenvalue weighted by Crippen LogP contribution is -2.27. The fourth-order valence-electron chi connectivity index (χ4n) is 0.604. The van der Waals surface area contributed by atoms with E-state index < -0.39 is 15.2 Å². The van der Waals surface area contributed by atoms with E-state index in [1.165, 1.54) is 0 Å². The summed E-state index contributed by atoms with van der Waals surface area (Å²) < 4.78 is 24.4. The Labute approximate surface area is 85.5 Å². The third kappa shape index (κ3) is 5.24. The molecule has 4 nitrogen and oxygen atoms in total. The van der Waals surface area contributed by atoms with Crippen molar-refractivity contribution in [3.05, 3.63) is 0 Å². The first-order valence-corrected chi connectivity index (χ1v) is 6.29. The molecule has 0 aliphatic rings. The standard InChI is InChI=1S/C9H18O4S/c1-5-9(2,3)8(10)13-6-7-14(4,11)12/h4-7H2,1-3H3,(H,11,12). The second kappa shape index (κ2) is 4.79. The van der Waals surface area contributed by atoms with Crippen molar-refractivity contribution in [2.24, 2.45) is 5.41 Å². The van der Waals surface area contributed by atoms with Crippen LogP contribution < -0.4 is 0 Å². The second-order valence-electron chi connectivity index (χ2n) is 3.85. The Balaban J connectivity index is 3.99. The summed E-state index contributed by atoms with van der Waals surface area (Å²) in [7, 11) is -3.05. The first-order valence-electron chi connectivity index (χ1n) is 4.43. The summed E-state index contributed by atoms with van der Waals surface area (Å²) in [6.45, 7) is 5.38. The van der Waals surface area contributed by atoms with Gasteiger partial charge in [0.15, 0.2) is 0 Å². The van der Waals surface area contributed by atoms with Crippen molar-refractivity contribution in [1.82, 2.24) is 0 Å². The number of esters is 1. The van der Waals surface area contributed by atoms with Crippen molar-refractivity contribution in [2.75, 3.05) is 12.4 Å². The molecule has 14 heavy (non-hydrogen) atoms. The summed E-state index contributed by atoms with van der Waals surface area (Å²) in [6.07, 6.45) is 0.671. The Hall–Kier alpha value is -0.550. The largest absolute Gasteiger partial charge is 0.464 e. The highest BCUT2D eigenvalue weighted by Gasteiger charge is 2.26. The minimum absolute atomic E-state index is 0.0545.